The van der Waals surface area contributed by atoms with Crippen LogP contribution < -0.4 is 0 Å². The van der Waals surface area contributed by atoms with E-state index in [-0.39, 0.29) is 5.41 Å². The van der Waals surface area contributed by atoms with Crippen LogP contribution in [0.15, 0.2) is 48.5 Å². The molecule has 1 aliphatic heterocycles. The third-order valence-corrected chi connectivity index (χ3v) is 5.31. The molecule has 128 valence electrons. The van der Waals surface area contributed by atoms with Crippen LogP contribution in [0.2, 0.25) is 0 Å². The second-order valence-electron chi connectivity index (χ2n) is 8.16. The average Bonchev–Trinajstić information content (AvgIpc) is 2.77. The minimum Gasteiger partial charge on any atom is -0.372 e. The monoisotopic (exact) mass is 330 g/mol. The van der Waals surface area contributed by atoms with Gasteiger partial charge in [0, 0.05) is 0 Å². The zero-order valence-corrected chi connectivity index (χ0v) is 15.6. The summed E-state index contributed by atoms with van der Waals surface area (Å²) in [5.74, 6) is 0. The molecule has 0 bridgehead atoms. The van der Waals surface area contributed by atoms with Crippen molar-refractivity contribution in [3.63, 3.8) is 0 Å². The summed E-state index contributed by atoms with van der Waals surface area (Å²) >= 11 is 0. The Bertz CT molecular complexity index is 944. The molecule has 4 rings (SSSR count). The first-order valence-electron chi connectivity index (χ1n) is 9.23. The van der Waals surface area contributed by atoms with Crippen LogP contribution >= 0.6 is 0 Å². The third kappa shape index (κ3) is 2.98. The van der Waals surface area contributed by atoms with Crippen molar-refractivity contribution in [3.05, 3.63) is 70.8 Å². The Balaban J connectivity index is 1.90. The van der Waals surface area contributed by atoms with Gasteiger partial charge in [0.05, 0.1) is 13.2 Å². The lowest BCUT2D eigenvalue weighted by Crippen LogP contribution is -2.11. The van der Waals surface area contributed by atoms with Crippen molar-refractivity contribution in [2.45, 2.75) is 52.7 Å². The second-order valence-corrected chi connectivity index (χ2v) is 8.16. The van der Waals surface area contributed by atoms with E-state index < -0.39 is 0 Å². The Hall–Kier alpha value is -2.12. The molecular formula is C24H26O. The number of aryl methyl sites for hydroxylation is 1. The topological polar surface area (TPSA) is 9.23 Å². The van der Waals surface area contributed by atoms with Crippen LogP contribution in [0.4, 0.5) is 0 Å². The molecule has 25 heavy (non-hydrogen) atoms. The van der Waals surface area contributed by atoms with Crippen LogP contribution in [0.5, 0.6) is 0 Å². The Morgan fingerprint density at radius 3 is 2.28 bits per heavy atom. The average molecular weight is 330 g/mol. The molecule has 0 fully saturated rings. The Morgan fingerprint density at radius 1 is 0.800 bits per heavy atom. The summed E-state index contributed by atoms with van der Waals surface area (Å²) in [5.41, 5.74) is 8.15. The molecule has 0 saturated carbocycles. The lowest BCUT2D eigenvalue weighted by molar-refractivity contribution is 0.110. The molecule has 1 aliphatic rings. The van der Waals surface area contributed by atoms with Gasteiger partial charge in [0.1, 0.15) is 0 Å². The lowest BCUT2D eigenvalue weighted by Gasteiger charge is -2.21. The number of ether oxygens (including phenoxy) is 1. The van der Waals surface area contributed by atoms with E-state index in [1.54, 1.807) is 0 Å². The lowest BCUT2D eigenvalue weighted by atomic mass is 9.84. The van der Waals surface area contributed by atoms with Gasteiger partial charge in [0.25, 0.3) is 0 Å². The van der Waals surface area contributed by atoms with Crippen molar-refractivity contribution in [1.82, 2.24) is 0 Å². The molecule has 0 saturated heterocycles. The molecule has 0 aliphatic carbocycles. The van der Waals surface area contributed by atoms with Gasteiger partial charge in [-0.25, -0.2) is 0 Å². The first-order chi connectivity index (χ1) is 12.0. The van der Waals surface area contributed by atoms with Gasteiger partial charge in [-0.05, 0) is 68.1 Å². The molecule has 0 radical (unpaired) electrons. The molecule has 0 spiro atoms. The van der Waals surface area contributed by atoms with E-state index in [2.05, 4.69) is 76.2 Å². The van der Waals surface area contributed by atoms with E-state index in [0.717, 1.165) is 6.42 Å². The van der Waals surface area contributed by atoms with E-state index >= 15 is 0 Å². The zero-order valence-electron chi connectivity index (χ0n) is 15.6. The van der Waals surface area contributed by atoms with E-state index in [9.17, 15) is 0 Å². The molecule has 0 aromatic heterocycles. The molecular weight excluding hydrogens is 304 g/mol. The fourth-order valence-electron chi connectivity index (χ4n) is 3.70. The van der Waals surface area contributed by atoms with Crippen LogP contribution in [0, 0.1) is 0 Å². The maximum absolute atomic E-state index is 6.02. The first kappa shape index (κ1) is 16.4. The summed E-state index contributed by atoms with van der Waals surface area (Å²) in [5, 5.41) is 2.63. The van der Waals surface area contributed by atoms with Crippen LogP contribution in [0.25, 0.3) is 21.9 Å². The van der Waals surface area contributed by atoms with Gasteiger partial charge in [-0.15, -0.1) is 0 Å². The van der Waals surface area contributed by atoms with Crippen molar-refractivity contribution >= 4 is 10.8 Å². The number of rotatable bonds is 1. The minimum atomic E-state index is 0.157. The van der Waals surface area contributed by atoms with Crippen molar-refractivity contribution in [2.75, 3.05) is 0 Å². The maximum Gasteiger partial charge on any atom is 0.0727 e. The second kappa shape index (κ2) is 6.00. The van der Waals surface area contributed by atoms with Crippen LogP contribution in [0.3, 0.4) is 0 Å². The first-order valence-corrected chi connectivity index (χ1v) is 9.23. The Kier molecular flexibility index (Phi) is 3.92. The highest BCUT2D eigenvalue weighted by molar-refractivity contribution is 5.90. The number of fused-ring (bicyclic) bond motifs is 4. The van der Waals surface area contributed by atoms with Gasteiger partial charge in [-0.3, -0.25) is 0 Å². The summed E-state index contributed by atoms with van der Waals surface area (Å²) in [6, 6.07) is 18.4. The largest absolute Gasteiger partial charge is 0.372 e. The summed E-state index contributed by atoms with van der Waals surface area (Å²) in [6.45, 7) is 10.4. The van der Waals surface area contributed by atoms with E-state index in [0.29, 0.717) is 13.2 Å². The molecule has 0 atom stereocenters. The maximum atomic E-state index is 6.02. The summed E-state index contributed by atoms with van der Waals surface area (Å²) in [4.78, 5) is 0. The van der Waals surface area contributed by atoms with Crippen molar-refractivity contribution in [3.8, 4) is 11.1 Å². The fourth-order valence-corrected chi connectivity index (χ4v) is 3.70. The van der Waals surface area contributed by atoms with Crippen molar-refractivity contribution in [2.24, 2.45) is 0 Å². The van der Waals surface area contributed by atoms with Crippen molar-refractivity contribution < 1.29 is 4.74 Å². The summed E-state index contributed by atoms with van der Waals surface area (Å²) in [6.07, 6.45) is 1.07. The van der Waals surface area contributed by atoms with Gasteiger partial charge in [0.15, 0.2) is 0 Å². The molecule has 0 amide bonds. The number of benzene rings is 3. The Morgan fingerprint density at radius 2 is 1.56 bits per heavy atom. The fraction of sp³-hybridized carbons (Fsp3) is 0.333. The summed E-state index contributed by atoms with van der Waals surface area (Å²) in [7, 11) is 0. The van der Waals surface area contributed by atoms with Gasteiger partial charge in [-0.2, -0.15) is 0 Å². The standard InChI is InChI=1S/C24H26O/c1-5-16-6-7-17-13-23-19(11-18(17)10-16)14-25-15-20-12-21(24(2,3)4)8-9-22(20)23/h6-13H,5,14-15H2,1-4H3. The van der Waals surface area contributed by atoms with Gasteiger partial charge in [0.2, 0.25) is 0 Å². The van der Waals surface area contributed by atoms with E-state index in [4.69, 9.17) is 4.74 Å². The normalized spacial score (nSPS) is 14.1. The Labute approximate surface area is 150 Å². The third-order valence-electron chi connectivity index (χ3n) is 5.31. The highest BCUT2D eigenvalue weighted by atomic mass is 16.5. The summed E-state index contributed by atoms with van der Waals surface area (Å²) < 4.78 is 6.02. The van der Waals surface area contributed by atoms with Gasteiger partial charge < -0.3 is 4.74 Å². The number of hydrogen-bond acceptors (Lipinski definition) is 1. The van der Waals surface area contributed by atoms with Crippen molar-refractivity contribution in [1.29, 1.82) is 0 Å². The van der Waals surface area contributed by atoms with Crippen LogP contribution in [-0.2, 0) is 29.8 Å². The molecule has 0 unspecified atom stereocenters. The minimum absolute atomic E-state index is 0.157. The highest BCUT2D eigenvalue weighted by Gasteiger charge is 2.20. The smallest absolute Gasteiger partial charge is 0.0727 e. The predicted molar refractivity (Wildman–Crippen MR) is 106 cm³/mol. The quantitative estimate of drug-likeness (QED) is 0.502. The zero-order chi connectivity index (χ0) is 17.6. The molecule has 3 aromatic rings. The molecule has 0 N–H and O–H groups in total. The van der Waals surface area contributed by atoms with Crippen LogP contribution in [-0.4, -0.2) is 0 Å². The van der Waals surface area contributed by atoms with Gasteiger partial charge in [-0.1, -0.05) is 64.1 Å². The highest BCUT2D eigenvalue weighted by Crippen LogP contribution is 2.37. The molecule has 3 aromatic carbocycles. The molecule has 1 nitrogen and oxygen atoms in total. The van der Waals surface area contributed by atoms with E-state index in [1.165, 1.54) is 44.2 Å². The molecule has 1 heteroatoms. The number of hydrogen-bond donors (Lipinski definition) is 0. The molecule has 1 heterocycles. The van der Waals surface area contributed by atoms with E-state index in [1.807, 2.05) is 0 Å². The van der Waals surface area contributed by atoms with Crippen LogP contribution in [0.1, 0.15) is 49.9 Å². The predicted octanol–water partition coefficient (Wildman–Crippen LogP) is 6.40. The van der Waals surface area contributed by atoms with Gasteiger partial charge >= 0.3 is 0 Å². The SMILES string of the molecule is CCc1ccc2cc3c(cc2c1)COCc1cc(C(C)(C)C)ccc1-3.